The van der Waals surface area contributed by atoms with Gasteiger partial charge in [-0.2, -0.15) is 10.1 Å². The molecule has 0 aliphatic rings. The van der Waals surface area contributed by atoms with E-state index >= 15 is 0 Å². The van der Waals surface area contributed by atoms with E-state index < -0.39 is 0 Å². The fourth-order valence-electron chi connectivity index (χ4n) is 2.99. The third-order valence-electron chi connectivity index (χ3n) is 4.31. The van der Waals surface area contributed by atoms with Crippen molar-refractivity contribution in [1.29, 1.82) is 0 Å². The number of fused-ring (bicyclic) bond motifs is 1. The number of benzene rings is 1. The number of ether oxygens (including phenoxy) is 1. The summed E-state index contributed by atoms with van der Waals surface area (Å²) in [7, 11) is 1.76. The van der Waals surface area contributed by atoms with Crippen molar-refractivity contribution in [3.05, 3.63) is 52.2 Å². The summed E-state index contributed by atoms with van der Waals surface area (Å²) in [5.74, 6) is 0.164. The number of nitrogens with zero attached hydrogens (tertiary/aromatic N) is 3. The zero-order chi connectivity index (χ0) is 18.8. The van der Waals surface area contributed by atoms with Gasteiger partial charge in [0, 0.05) is 13.1 Å². The van der Waals surface area contributed by atoms with Crippen LogP contribution >= 0.6 is 11.6 Å². The van der Waals surface area contributed by atoms with Gasteiger partial charge in [-0.15, -0.1) is 0 Å². The molecule has 2 heterocycles. The molecule has 0 fully saturated rings. The number of aryl methyl sites for hydroxylation is 3. The molecular weight excluding hydrogens is 352 g/mol. The van der Waals surface area contributed by atoms with E-state index in [1.54, 1.807) is 17.8 Å². The van der Waals surface area contributed by atoms with E-state index in [1.165, 1.54) is 0 Å². The molecule has 3 rings (SSSR count). The van der Waals surface area contributed by atoms with Gasteiger partial charge in [0.25, 0.3) is 5.91 Å². The van der Waals surface area contributed by atoms with Crippen molar-refractivity contribution in [2.24, 2.45) is 7.05 Å². The fraction of sp³-hybridized carbons (Fsp3) is 0.316. The van der Waals surface area contributed by atoms with Crippen molar-refractivity contribution in [2.45, 2.75) is 26.8 Å². The third-order valence-corrected chi connectivity index (χ3v) is 4.57. The first-order valence-electron chi connectivity index (χ1n) is 8.34. The molecule has 1 atom stereocenters. The van der Waals surface area contributed by atoms with Crippen LogP contribution in [0.25, 0.3) is 11.0 Å². The van der Waals surface area contributed by atoms with Crippen LogP contribution in [0.4, 0.5) is 0 Å². The highest BCUT2D eigenvalue weighted by Gasteiger charge is 2.15. The summed E-state index contributed by atoms with van der Waals surface area (Å²) in [6.07, 6.45) is 0. The van der Waals surface area contributed by atoms with E-state index in [0.29, 0.717) is 16.7 Å². The SMILES string of the molecule is Cc1ccccc1C(C)NC(=O)COc1cc(C)c2c(Cl)nn(C)c2n1. The largest absolute Gasteiger partial charge is 0.468 e. The topological polar surface area (TPSA) is 69.0 Å². The van der Waals surface area contributed by atoms with Gasteiger partial charge < -0.3 is 10.1 Å². The Hall–Kier alpha value is -2.60. The molecule has 0 saturated carbocycles. The van der Waals surface area contributed by atoms with Gasteiger partial charge in [0.05, 0.1) is 11.4 Å². The zero-order valence-electron chi connectivity index (χ0n) is 15.2. The molecule has 0 saturated heterocycles. The van der Waals surface area contributed by atoms with E-state index in [2.05, 4.69) is 15.4 Å². The van der Waals surface area contributed by atoms with Crippen LogP contribution < -0.4 is 10.1 Å². The highest BCUT2D eigenvalue weighted by atomic mass is 35.5. The van der Waals surface area contributed by atoms with Crippen molar-refractivity contribution in [2.75, 3.05) is 6.61 Å². The number of hydrogen-bond acceptors (Lipinski definition) is 4. The van der Waals surface area contributed by atoms with E-state index in [0.717, 1.165) is 22.1 Å². The molecule has 7 heteroatoms. The maximum atomic E-state index is 12.2. The summed E-state index contributed by atoms with van der Waals surface area (Å²) >= 11 is 6.11. The average Bonchev–Trinajstić information content (AvgIpc) is 2.88. The van der Waals surface area contributed by atoms with Crippen LogP contribution in [-0.4, -0.2) is 27.3 Å². The number of carbonyl (C=O) groups is 1. The van der Waals surface area contributed by atoms with Crippen molar-refractivity contribution < 1.29 is 9.53 Å². The molecule has 3 aromatic rings. The lowest BCUT2D eigenvalue weighted by atomic mass is 10.0. The minimum atomic E-state index is -0.205. The Labute approximate surface area is 157 Å². The Morgan fingerprint density at radius 1 is 1.31 bits per heavy atom. The second-order valence-electron chi connectivity index (χ2n) is 6.32. The van der Waals surface area contributed by atoms with Gasteiger partial charge >= 0.3 is 0 Å². The molecule has 1 amide bonds. The monoisotopic (exact) mass is 372 g/mol. The lowest BCUT2D eigenvalue weighted by molar-refractivity contribution is -0.123. The van der Waals surface area contributed by atoms with E-state index in [4.69, 9.17) is 16.3 Å². The second kappa shape index (κ2) is 7.33. The van der Waals surface area contributed by atoms with Crippen LogP contribution in [0.5, 0.6) is 5.88 Å². The number of carbonyl (C=O) groups excluding carboxylic acids is 1. The Morgan fingerprint density at radius 3 is 2.77 bits per heavy atom. The predicted molar refractivity (Wildman–Crippen MR) is 101 cm³/mol. The van der Waals surface area contributed by atoms with E-state index in [-0.39, 0.29) is 18.6 Å². The third kappa shape index (κ3) is 3.65. The Kier molecular flexibility index (Phi) is 5.13. The van der Waals surface area contributed by atoms with Crippen molar-refractivity contribution in [1.82, 2.24) is 20.1 Å². The van der Waals surface area contributed by atoms with Gasteiger partial charge in [-0.1, -0.05) is 35.9 Å². The standard InChI is InChI=1S/C19H21ClN4O2/c1-11-7-5-6-8-14(11)13(3)21-15(25)10-26-16-9-12(2)17-18(20)23-24(4)19(17)22-16/h5-9,13H,10H2,1-4H3,(H,21,25). The van der Waals surface area contributed by atoms with Crippen LogP contribution in [-0.2, 0) is 11.8 Å². The first-order chi connectivity index (χ1) is 12.4. The summed E-state index contributed by atoms with van der Waals surface area (Å²) in [6.45, 7) is 5.77. The minimum absolute atomic E-state index is 0.0969. The van der Waals surface area contributed by atoms with Crippen LogP contribution in [0.3, 0.4) is 0 Å². The van der Waals surface area contributed by atoms with Gasteiger partial charge in [-0.25, -0.2) is 4.68 Å². The number of hydrogen-bond donors (Lipinski definition) is 1. The number of rotatable bonds is 5. The van der Waals surface area contributed by atoms with Crippen molar-refractivity contribution >= 4 is 28.5 Å². The quantitative estimate of drug-likeness (QED) is 0.744. The van der Waals surface area contributed by atoms with Crippen LogP contribution in [0, 0.1) is 13.8 Å². The summed E-state index contributed by atoms with van der Waals surface area (Å²) in [6, 6.07) is 9.63. The summed E-state index contributed by atoms with van der Waals surface area (Å²) in [5.41, 5.74) is 3.74. The van der Waals surface area contributed by atoms with Crippen molar-refractivity contribution in [3.63, 3.8) is 0 Å². The number of nitrogens with one attached hydrogen (secondary N) is 1. The Morgan fingerprint density at radius 2 is 2.04 bits per heavy atom. The Bertz CT molecular complexity index is 968. The number of amides is 1. The lowest BCUT2D eigenvalue weighted by Gasteiger charge is -2.16. The van der Waals surface area contributed by atoms with Gasteiger partial charge in [0.15, 0.2) is 17.4 Å². The zero-order valence-corrected chi connectivity index (χ0v) is 16.0. The summed E-state index contributed by atoms with van der Waals surface area (Å²) < 4.78 is 7.18. The van der Waals surface area contributed by atoms with Gasteiger partial charge in [-0.3, -0.25) is 4.79 Å². The molecule has 0 aliphatic heterocycles. The summed E-state index contributed by atoms with van der Waals surface area (Å²) in [5, 5.41) is 8.29. The predicted octanol–water partition coefficient (Wildman–Crippen LogP) is 3.49. The maximum absolute atomic E-state index is 12.2. The molecule has 1 aromatic carbocycles. The van der Waals surface area contributed by atoms with E-state index in [1.807, 2.05) is 45.0 Å². The lowest BCUT2D eigenvalue weighted by Crippen LogP contribution is -2.31. The first-order valence-corrected chi connectivity index (χ1v) is 8.72. The normalized spacial score (nSPS) is 12.2. The highest BCUT2D eigenvalue weighted by Crippen LogP contribution is 2.27. The molecule has 136 valence electrons. The summed E-state index contributed by atoms with van der Waals surface area (Å²) in [4.78, 5) is 16.6. The van der Waals surface area contributed by atoms with Gasteiger partial charge in [-0.05, 0) is 37.5 Å². The number of pyridine rings is 1. The molecular formula is C19H21ClN4O2. The van der Waals surface area contributed by atoms with Crippen molar-refractivity contribution in [3.8, 4) is 5.88 Å². The van der Waals surface area contributed by atoms with Crippen LogP contribution in [0.1, 0.15) is 29.7 Å². The molecule has 2 aromatic heterocycles. The smallest absolute Gasteiger partial charge is 0.258 e. The average molecular weight is 373 g/mol. The molecule has 1 unspecified atom stereocenters. The Balaban J connectivity index is 1.67. The molecule has 0 radical (unpaired) electrons. The highest BCUT2D eigenvalue weighted by molar-refractivity contribution is 6.34. The molecule has 1 N–H and O–H groups in total. The molecule has 26 heavy (non-hydrogen) atoms. The van der Waals surface area contributed by atoms with Crippen LogP contribution in [0.2, 0.25) is 5.15 Å². The molecule has 0 spiro atoms. The molecule has 6 nitrogen and oxygen atoms in total. The first kappa shape index (κ1) is 18.2. The number of halogens is 1. The van der Waals surface area contributed by atoms with Gasteiger partial charge in [0.2, 0.25) is 5.88 Å². The van der Waals surface area contributed by atoms with Gasteiger partial charge in [0.1, 0.15) is 0 Å². The second-order valence-corrected chi connectivity index (χ2v) is 6.68. The molecule has 0 bridgehead atoms. The fourth-order valence-corrected chi connectivity index (χ4v) is 3.34. The maximum Gasteiger partial charge on any atom is 0.258 e. The van der Waals surface area contributed by atoms with E-state index in [9.17, 15) is 4.79 Å². The molecule has 0 aliphatic carbocycles. The van der Waals surface area contributed by atoms with Crippen LogP contribution in [0.15, 0.2) is 30.3 Å². The number of aromatic nitrogens is 3. The minimum Gasteiger partial charge on any atom is -0.468 e.